The van der Waals surface area contributed by atoms with Crippen LogP contribution in [0.15, 0.2) is 101 Å². The summed E-state index contributed by atoms with van der Waals surface area (Å²) in [5.41, 5.74) is 35.8. The Kier molecular flexibility index (Phi) is 25.7. The number of anilines is 6. The average molecular weight is 2080 g/mol. The zero-order valence-electron chi connectivity index (χ0n) is 67.1. The van der Waals surface area contributed by atoms with Crippen molar-refractivity contribution in [2.24, 2.45) is 0 Å². The minimum absolute atomic E-state index is 0. The maximum absolute atomic E-state index is 16.0. The molecule has 53 nitrogen and oxygen atoms in total. The number of thiol groups is 1. The third kappa shape index (κ3) is 18.7. The predicted molar refractivity (Wildman–Crippen MR) is 484 cm³/mol. The Labute approximate surface area is 775 Å². The number of alkyl halides is 1. The van der Waals surface area contributed by atoms with Gasteiger partial charge in [-0.1, -0.05) is 19.7 Å². The van der Waals surface area contributed by atoms with E-state index in [4.69, 9.17) is 181 Å². The monoisotopic (exact) mass is 2080 g/mol. The lowest BCUT2D eigenvalue weighted by atomic mass is 10.0. The SMILES string of the molecule is C.Nc1nc2c(ncn2[C@@H]2OC3COP(O)(=S)O[C@H]4C[C@H](n5ccc6c(N)ccnc65)OC4COP(=O)(S)O[C@@H]2C3)c(=O)[nH]1.Nc1nc2c(ncn2[C@@H]2OC3COP(O)(=S)O[C@H]4C[C@H](n5ccc6c(N)ccnc65)OC4COP(O)(=S)O[C@@H]2C3)c(=O)[nH]1.Nc1nc2c(ncn2[C@@H]2O[C@@H]3COP(O)(=S)O[C@H]4[C@H]5OC[C@]4(COP(O)(=S)O[C@@H]2[C@H]3F)O[C@H]5n2cnc3c(N)ccnc32)c(=O)[nH]1. The van der Waals surface area contributed by atoms with Crippen molar-refractivity contribution in [2.75, 3.05) is 80.7 Å². The molecule has 10 saturated heterocycles. The van der Waals surface area contributed by atoms with Gasteiger partial charge in [-0.05, 0) is 89.4 Å². The molecule has 714 valence electrons. The van der Waals surface area contributed by atoms with Crippen molar-refractivity contribution in [1.29, 1.82) is 0 Å². The quantitative estimate of drug-likeness (QED) is 0.0834. The summed E-state index contributed by atoms with van der Waals surface area (Å²) >= 11 is 30.9. The van der Waals surface area contributed by atoms with Gasteiger partial charge in [0.05, 0.1) is 102 Å². The number of nitrogens with two attached hydrogens (primary N) is 6. The molecule has 10 aliphatic rings. The van der Waals surface area contributed by atoms with Gasteiger partial charge in [-0.25, -0.2) is 43.8 Å². The third-order valence-corrected chi connectivity index (χ3v) is 32.3. The molecule has 22 rings (SSSR count). The van der Waals surface area contributed by atoms with Gasteiger partial charge in [0.1, 0.15) is 83.7 Å². The van der Waals surface area contributed by atoms with Crippen LogP contribution in [-0.2, 0) is 151 Å². The molecule has 0 aromatic carbocycles. The average Bonchev–Trinajstić information content (AvgIpc) is 1.55. The molecule has 20 N–H and O–H groups in total. The van der Waals surface area contributed by atoms with Crippen LogP contribution in [0.1, 0.15) is 70.5 Å². The highest BCUT2D eigenvalue weighted by molar-refractivity contribution is 8.44. The zero-order valence-corrected chi connectivity index (χ0v) is 77.5. The molecule has 0 amide bonds. The molecular weight excluding hydrogens is 2000 g/mol. The summed E-state index contributed by atoms with van der Waals surface area (Å²) in [7, 11) is 0. The number of pyridine rings is 3. The molecule has 12 aromatic heterocycles. The van der Waals surface area contributed by atoms with Crippen LogP contribution in [0.25, 0.3) is 66.7 Å². The second-order valence-electron chi connectivity index (χ2n) is 31.4. The van der Waals surface area contributed by atoms with E-state index < -0.39 is 193 Å². The minimum atomic E-state index is -4.29. The summed E-state index contributed by atoms with van der Waals surface area (Å²) in [6.45, 7) is -26.1. The second kappa shape index (κ2) is 36.1. The van der Waals surface area contributed by atoms with Crippen LogP contribution in [0.4, 0.5) is 39.3 Å². The number of aromatic nitrogens is 19. The largest absolute Gasteiger partial charge is 0.398 e. The van der Waals surface area contributed by atoms with Crippen molar-refractivity contribution >= 4 is 213 Å². The van der Waals surface area contributed by atoms with Gasteiger partial charge in [-0.15, -0.1) is 0 Å². The van der Waals surface area contributed by atoms with Gasteiger partial charge in [-0.3, -0.25) is 65.7 Å². The van der Waals surface area contributed by atoms with Gasteiger partial charge in [0.25, 0.3) is 16.7 Å². The number of H-pyrrole nitrogens is 3. The van der Waals surface area contributed by atoms with Crippen molar-refractivity contribution in [3.05, 3.63) is 118 Å². The third-order valence-electron chi connectivity index (χ3n) is 22.8. The van der Waals surface area contributed by atoms with Crippen LogP contribution >= 0.6 is 52.6 Å². The summed E-state index contributed by atoms with van der Waals surface area (Å²) in [5, 5.41) is 1.49. The van der Waals surface area contributed by atoms with Crippen molar-refractivity contribution in [2.45, 2.75) is 155 Å². The Morgan fingerprint density at radius 2 is 0.835 bits per heavy atom. The van der Waals surface area contributed by atoms with Crippen molar-refractivity contribution in [3.63, 3.8) is 0 Å². The zero-order chi connectivity index (χ0) is 92.4. The lowest BCUT2D eigenvalue weighted by molar-refractivity contribution is -0.183. The smallest absolute Gasteiger partial charge is 0.386 e. The number of aromatic amines is 3. The van der Waals surface area contributed by atoms with Crippen LogP contribution in [0.3, 0.4) is 0 Å². The van der Waals surface area contributed by atoms with E-state index in [9.17, 15) is 43.4 Å². The molecule has 12 aromatic rings. The molecule has 10 fully saturated rings. The topological polar surface area (TPSA) is 707 Å². The highest BCUT2D eigenvalue weighted by Crippen LogP contribution is 2.62. The van der Waals surface area contributed by atoms with E-state index in [-0.39, 0.29) is 117 Å². The van der Waals surface area contributed by atoms with Crippen LogP contribution in [0, 0.1) is 0 Å². The molecule has 0 spiro atoms. The highest BCUT2D eigenvalue weighted by atomic mass is 32.7. The van der Waals surface area contributed by atoms with Crippen LogP contribution in [-0.4, -0.2) is 248 Å². The van der Waals surface area contributed by atoms with E-state index in [0.29, 0.717) is 39.5 Å². The standard InChI is InChI=1S/C22H24FN9O10P2S2.2C22H26N8O9P2S2.CH4/c23-10-9-3-37-43(34,45)42-15-14-20(31-6-27-11-8(24)1-2-26-16(11)31)40-22(15,4-36-14)5-38-44(35,46)41-13(10)19(39-9)32-7-28-12-17(32)29-21(25)30-18(12)33;2*23-12-1-3-25-18-11(12)2-4-29(18)16-6-13-15(37-16)8-35-41(33,43)39-14-5-10(7-34-40(32,42)38-13)36-21(14)30-9-26-17-19(30)27-22(24)28-20(17)31;/h1-2,6-7,9-10,13-15,19-20H,3-5H2,(H2,24,26)(H,34,45)(H,35,46)(H3,25,29,30,33);2*1-4,9-10,13-16,21H,5-8H2,(H2,23,25)(H,32,42)(H,33,43)(H3,24,27,28,31);1H4/t9-,10+,13-,14-,15+,19-,20-,22-,43?,44?;2*10?,13-,14+,15?,16+,21+,40?,41?;/m100./s1. The van der Waals surface area contributed by atoms with E-state index in [0.717, 1.165) is 10.8 Å². The summed E-state index contributed by atoms with van der Waals surface area (Å²) in [5.74, 6) is -0.484. The number of nitrogens with zero attached hydrogens (tertiary/aromatic N) is 16. The van der Waals surface area contributed by atoms with E-state index in [1.807, 2.05) is 12.1 Å². The highest BCUT2D eigenvalue weighted by Gasteiger charge is 2.66. The first-order valence-electron chi connectivity index (χ1n) is 39.6. The molecule has 0 aliphatic carbocycles. The summed E-state index contributed by atoms with van der Waals surface area (Å²) < 4.78 is 151. The molecule has 8 bridgehead atoms. The summed E-state index contributed by atoms with van der Waals surface area (Å²) in [6.07, 6.45) is -4.65. The number of ether oxygens (including phenoxy) is 7. The number of rotatable bonds is 6. The predicted octanol–water partition coefficient (Wildman–Crippen LogP) is 3.66. The lowest BCUT2D eigenvalue weighted by Gasteiger charge is -2.33. The normalized spacial score (nSPS) is 36.6. The fraction of sp³-hybridized carbons (Fsp3) is 0.478. The van der Waals surface area contributed by atoms with Gasteiger partial charge in [0, 0.05) is 78.8 Å². The van der Waals surface area contributed by atoms with E-state index in [1.165, 1.54) is 45.2 Å². The van der Waals surface area contributed by atoms with Gasteiger partial charge in [0.15, 0.2) is 70.2 Å². The second-order valence-corrected chi connectivity index (χ2v) is 48.2. The Morgan fingerprint density at radius 1 is 0.421 bits per heavy atom. The Bertz CT molecular complexity index is 6800. The molecule has 10 unspecified atom stereocenters. The van der Waals surface area contributed by atoms with E-state index >= 15 is 4.39 Å². The summed E-state index contributed by atoms with van der Waals surface area (Å²) in [6, 6.07) is 8.63. The van der Waals surface area contributed by atoms with Crippen LogP contribution < -0.4 is 51.1 Å². The number of nitrogens with one attached hydrogen (secondary N) is 3. The molecular formula is C67H80FN25O28P6S6. The van der Waals surface area contributed by atoms with Crippen LogP contribution in [0.2, 0.25) is 0 Å². The first-order valence-corrected chi connectivity index (χ1v) is 55.2. The van der Waals surface area contributed by atoms with Gasteiger partial charge >= 0.3 is 40.4 Å². The molecule has 10 aliphatic heterocycles. The molecule has 133 heavy (non-hydrogen) atoms. The molecule has 22 heterocycles. The van der Waals surface area contributed by atoms with Crippen molar-refractivity contribution in [3.8, 4) is 0 Å². The van der Waals surface area contributed by atoms with E-state index in [2.05, 4.69) is 77.0 Å². The van der Waals surface area contributed by atoms with E-state index in [1.54, 1.807) is 56.7 Å². The van der Waals surface area contributed by atoms with Gasteiger partial charge in [-0.2, -0.15) is 15.0 Å². The van der Waals surface area contributed by atoms with Gasteiger partial charge < -0.3 is 137 Å². The molecule has 66 heteroatoms. The Balaban J connectivity index is 0.000000128. The molecule has 0 saturated carbocycles. The number of imidazole rings is 4. The van der Waals surface area contributed by atoms with Gasteiger partial charge in [0.2, 0.25) is 17.8 Å². The minimum Gasteiger partial charge on any atom is -0.398 e. The fourth-order valence-electron chi connectivity index (χ4n) is 17.0. The fourth-order valence-corrected chi connectivity index (χ4v) is 25.8. The number of nitrogen functional groups attached to an aromatic ring is 6. The number of halogens is 1. The maximum Gasteiger partial charge on any atom is 0.386 e. The first kappa shape index (κ1) is 94.6. The maximum atomic E-state index is 16.0. The Hall–Kier alpha value is -7.35. The van der Waals surface area contributed by atoms with Crippen molar-refractivity contribution in [1.82, 2.24) is 92.2 Å². The number of fused-ring (bicyclic) bond motifs is 14. The number of hydrogen-bond acceptors (Lipinski definition) is 44. The lowest BCUT2D eigenvalue weighted by Crippen LogP contribution is -2.45. The Morgan fingerprint density at radius 3 is 1.34 bits per heavy atom. The van der Waals surface area contributed by atoms with Crippen LogP contribution in [0.5, 0.6) is 0 Å². The molecule has 0 radical (unpaired) electrons. The molecule has 26 atom stereocenters. The first-order chi connectivity index (χ1) is 62.8. The summed E-state index contributed by atoms with van der Waals surface area (Å²) in [4.78, 5) is 142. The van der Waals surface area contributed by atoms with Crippen molar-refractivity contribution < 1.29 is 121 Å². The number of hydrogen-bond donors (Lipinski definition) is 15.